The van der Waals surface area contributed by atoms with Crippen molar-refractivity contribution in [3.8, 4) is 11.1 Å². The van der Waals surface area contributed by atoms with Crippen LogP contribution < -0.4 is 0 Å². The molecule has 1 heterocycles. The van der Waals surface area contributed by atoms with E-state index in [1.54, 1.807) is 19.2 Å². The van der Waals surface area contributed by atoms with E-state index in [4.69, 9.17) is 4.74 Å². The molecule has 2 aromatic rings. The summed E-state index contributed by atoms with van der Waals surface area (Å²) in [5.41, 5.74) is 3.52. The standard InChI is InChI=1S/C19H16FNO2/c1-3-23-19(22)12(2)18-17-10-14(20)8-9-16(17)15-7-5-4-6-13(15)11-21-18/h4-11,18H,2-3H2,1H3. The first-order valence-corrected chi connectivity index (χ1v) is 7.39. The van der Waals surface area contributed by atoms with Crippen LogP contribution in [0.4, 0.5) is 4.39 Å². The normalized spacial score (nSPS) is 15.3. The highest BCUT2D eigenvalue weighted by molar-refractivity contribution is 5.96. The summed E-state index contributed by atoms with van der Waals surface area (Å²) in [7, 11) is 0. The summed E-state index contributed by atoms with van der Waals surface area (Å²) in [6.07, 6.45) is 1.70. The summed E-state index contributed by atoms with van der Waals surface area (Å²) in [6.45, 7) is 5.80. The fourth-order valence-electron chi connectivity index (χ4n) is 2.71. The second kappa shape index (κ2) is 6.16. The Labute approximate surface area is 134 Å². The molecule has 3 rings (SSSR count). The fraction of sp³-hybridized carbons (Fsp3) is 0.158. The number of aliphatic imine (C=N–C) groups is 1. The molecule has 1 aliphatic heterocycles. The molecule has 0 saturated heterocycles. The molecular formula is C19H16FNO2. The molecule has 3 nitrogen and oxygen atoms in total. The average molecular weight is 309 g/mol. The molecule has 0 aromatic heterocycles. The molecule has 0 saturated carbocycles. The number of carbonyl (C=O) groups is 1. The van der Waals surface area contributed by atoms with E-state index in [0.717, 1.165) is 16.7 Å². The van der Waals surface area contributed by atoms with E-state index in [2.05, 4.69) is 11.6 Å². The molecule has 0 aliphatic carbocycles. The lowest BCUT2D eigenvalue weighted by Gasteiger charge is -2.17. The van der Waals surface area contributed by atoms with Gasteiger partial charge in [-0.1, -0.05) is 36.9 Å². The van der Waals surface area contributed by atoms with Crippen molar-refractivity contribution in [2.24, 2.45) is 4.99 Å². The van der Waals surface area contributed by atoms with Crippen LogP contribution in [0.25, 0.3) is 11.1 Å². The highest BCUT2D eigenvalue weighted by Gasteiger charge is 2.26. The number of ether oxygens (including phenoxy) is 1. The second-order valence-electron chi connectivity index (χ2n) is 5.25. The van der Waals surface area contributed by atoms with Crippen molar-refractivity contribution >= 4 is 12.2 Å². The maximum absolute atomic E-state index is 13.8. The van der Waals surface area contributed by atoms with Gasteiger partial charge < -0.3 is 4.74 Å². The Bertz CT molecular complexity index is 811. The van der Waals surface area contributed by atoms with Crippen LogP contribution in [0.3, 0.4) is 0 Å². The van der Waals surface area contributed by atoms with Crippen LogP contribution in [0.15, 0.2) is 59.6 Å². The van der Waals surface area contributed by atoms with E-state index in [1.807, 2.05) is 24.3 Å². The fourth-order valence-corrected chi connectivity index (χ4v) is 2.71. The van der Waals surface area contributed by atoms with Crippen LogP contribution in [-0.2, 0) is 9.53 Å². The van der Waals surface area contributed by atoms with E-state index >= 15 is 0 Å². The van der Waals surface area contributed by atoms with Crippen LogP contribution >= 0.6 is 0 Å². The van der Waals surface area contributed by atoms with Crippen molar-refractivity contribution in [3.05, 3.63) is 71.6 Å². The van der Waals surface area contributed by atoms with Gasteiger partial charge in [-0.2, -0.15) is 0 Å². The van der Waals surface area contributed by atoms with Gasteiger partial charge in [-0.15, -0.1) is 0 Å². The number of nitrogens with zero attached hydrogens (tertiary/aromatic N) is 1. The molecule has 2 aromatic carbocycles. The SMILES string of the molecule is C=C(C(=O)OCC)C1N=Cc2ccccc2-c2ccc(F)cc21. The predicted octanol–water partition coefficient (Wildman–Crippen LogP) is 4.09. The number of benzene rings is 2. The summed E-state index contributed by atoms with van der Waals surface area (Å²) in [5, 5.41) is 0. The summed E-state index contributed by atoms with van der Waals surface area (Å²) in [4.78, 5) is 16.5. The molecule has 1 aliphatic rings. The molecule has 0 N–H and O–H groups in total. The van der Waals surface area contributed by atoms with Gasteiger partial charge in [-0.05, 0) is 35.7 Å². The Morgan fingerprint density at radius 3 is 2.83 bits per heavy atom. The monoisotopic (exact) mass is 309 g/mol. The molecule has 116 valence electrons. The first-order chi connectivity index (χ1) is 11.1. The Morgan fingerprint density at radius 2 is 2.04 bits per heavy atom. The van der Waals surface area contributed by atoms with Gasteiger partial charge in [0.25, 0.3) is 0 Å². The first-order valence-electron chi connectivity index (χ1n) is 7.39. The lowest BCUT2D eigenvalue weighted by atomic mass is 9.91. The number of hydrogen-bond donors (Lipinski definition) is 0. The quantitative estimate of drug-likeness (QED) is 0.633. The van der Waals surface area contributed by atoms with Crippen molar-refractivity contribution in [3.63, 3.8) is 0 Å². The molecule has 1 unspecified atom stereocenters. The van der Waals surface area contributed by atoms with Crippen LogP contribution in [0.1, 0.15) is 24.1 Å². The Morgan fingerprint density at radius 1 is 1.26 bits per heavy atom. The highest BCUT2D eigenvalue weighted by atomic mass is 19.1. The first kappa shape index (κ1) is 15.2. The topological polar surface area (TPSA) is 38.7 Å². The van der Waals surface area contributed by atoms with E-state index in [-0.39, 0.29) is 18.0 Å². The number of halogens is 1. The Hall–Kier alpha value is -2.75. The van der Waals surface area contributed by atoms with E-state index < -0.39 is 12.0 Å². The molecule has 1 atom stereocenters. The zero-order valence-corrected chi connectivity index (χ0v) is 12.8. The van der Waals surface area contributed by atoms with Crippen molar-refractivity contribution in [2.45, 2.75) is 13.0 Å². The van der Waals surface area contributed by atoms with Gasteiger partial charge in [0, 0.05) is 11.8 Å². The van der Waals surface area contributed by atoms with Crippen molar-refractivity contribution in [1.82, 2.24) is 0 Å². The van der Waals surface area contributed by atoms with Gasteiger partial charge in [0.15, 0.2) is 0 Å². The third-order valence-corrected chi connectivity index (χ3v) is 3.79. The maximum atomic E-state index is 13.8. The third-order valence-electron chi connectivity index (χ3n) is 3.79. The summed E-state index contributed by atoms with van der Waals surface area (Å²) < 4.78 is 18.8. The summed E-state index contributed by atoms with van der Waals surface area (Å²) in [6, 6.07) is 11.6. The number of carbonyl (C=O) groups excluding carboxylic acids is 1. The largest absolute Gasteiger partial charge is 0.463 e. The minimum Gasteiger partial charge on any atom is -0.463 e. The number of hydrogen-bond acceptors (Lipinski definition) is 3. The van der Waals surface area contributed by atoms with Gasteiger partial charge in [-0.3, -0.25) is 4.99 Å². The molecule has 23 heavy (non-hydrogen) atoms. The summed E-state index contributed by atoms with van der Waals surface area (Å²) in [5.74, 6) is -0.893. The number of fused-ring (bicyclic) bond motifs is 3. The van der Waals surface area contributed by atoms with Gasteiger partial charge in [-0.25, -0.2) is 9.18 Å². The molecular weight excluding hydrogens is 293 g/mol. The Kier molecular flexibility index (Phi) is 4.06. The van der Waals surface area contributed by atoms with Crippen LogP contribution in [0, 0.1) is 5.82 Å². The van der Waals surface area contributed by atoms with E-state index in [1.165, 1.54) is 12.1 Å². The molecule has 0 radical (unpaired) electrons. The minimum absolute atomic E-state index is 0.197. The number of esters is 1. The predicted molar refractivity (Wildman–Crippen MR) is 87.9 cm³/mol. The molecule has 0 amide bonds. The highest BCUT2D eigenvalue weighted by Crippen LogP contribution is 2.38. The van der Waals surface area contributed by atoms with Gasteiger partial charge in [0.05, 0.1) is 12.2 Å². The van der Waals surface area contributed by atoms with Crippen LogP contribution in [0.5, 0.6) is 0 Å². The van der Waals surface area contributed by atoms with E-state index in [0.29, 0.717) is 5.56 Å². The smallest absolute Gasteiger partial charge is 0.335 e. The van der Waals surface area contributed by atoms with Crippen LogP contribution in [0.2, 0.25) is 0 Å². The molecule has 0 spiro atoms. The van der Waals surface area contributed by atoms with Crippen molar-refractivity contribution < 1.29 is 13.9 Å². The summed E-state index contributed by atoms with van der Waals surface area (Å²) >= 11 is 0. The van der Waals surface area contributed by atoms with Crippen molar-refractivity contribution in [2.75, 3.05) is 6.61 Å². The minimum atomic E-state index is -0.660. The van der Waals surface area contributed by atoms with E-state index in [9.17, 15) is 9.18 Å². The molecule has 0 fully saturated rings. The Balaban J connectivity index is 2.16. The van der Waals surface area contributed by atoms with Gasteiger partial charge >= 0.3 is 5.97 Å². The zero-order valence-electron chi connectivity index (χ0n) is 12.8. The van der Waals surface area contributed by atoms with Crippen LogP contribution in [-0.4, -0.2) is 18.8 Å². The second-order valence-corrected chi connectivity index (χ2v) is 5.25. The van der Waals surface area contributed by atoms with Gasteiger partial charge in [0.1, 0.15) is 11.9 Å². The van der Waals surface area contributed by atoms with Gasteiger partial charge in [0.2, 0.25) is 0 Å². The average Bonchev–Trinajstić information content (AvgIpc) is 2.71. The number of rotatable bonds is 3. The zero-order chi connectivity index (χ0) is 16.4. The lowest BCUT2D eigenvalue weighted by molar-refractivity contribution is -0.138. The molecule has 4 heteroatoms. The molecule has 0 bridgehead atoms. The third kappa shape index (κ3) is 2.80. The lowest BCUT2D eigenvalue weighted by Crippen LogP contribution is -2.13. The maximum Gasteiger partial charge on any atom is 0.335 e. The van der Waals surface area contributed by atoms with Crippen molar-refractivity contribution in [1.29, 1.82) is 0 Å².